The molecule has 1 amide bonds. The van der Waals surface area contributed by atoms with Crippen LogP contribution in [0, 0.1) is 6.92 Å². The molecule has 8 nitrogen and oxygen atoms in total. The minimum Gasteiger partial charge on any atom is -0.419 e. The molecule has 1 aliphatic heterocycles. The number of amides is 1. The van der Waals surface area contributed by atoms with E-state index in [1.165, 1.54) is 6.42 Å². The predicted octanol–water partition coefficient (Wildman–Crippen LogP) is 3.18. The Balaban J connectivity index is 1.53. The minimum atomic E-state index is -0.413. The van der Waals surface area contributed by atoms with Crippen molar-refractivity contribution in [2.75, 3.05) is 13.1 Å². The molecule has 3 aromatic rings. The molecule has 0 saturated carbocycles. The largest absolute Gasteiger partial charge is 0.419 e. The topological polar surface area (TPSA) is 93.3 Å². The van der Waals surface area contributed by atoms with Crippen molar-refractivity contribution in [3.05, 3.63) is 69.5 Å². The summed E-state index contributed by atoms with van der Waals surface area (Å²) in [4.78, 5) is 28.4. The molecule has 4 rings (SSSR count). The summed E-state index contributed by atoms with van der Waals surface area (Å²) in [6, 6.07) is 11.4. The van der Waals surface area contributed by atoms with Crippen LogP contribution >= 0.6 is 0 Å². The molecule has 0 radical (unpaired) electrons. The molecule has 1 atom stereocenters. The summed E-state index contributed by atoms with van der Waals surface area (Å²) >= 11 is 0. The molecule has 1 fully saturated rings. The Morgan fingerprint density at radius 1 is 1.21 bits per heavy atom. The Kier molecular flexibility index (Phi) is 7.03. The van der Waals surface area contributed by atoms with Crippen molar-refractivity contribution in [1.29, 1.82) is 0 Å². The second-order valence-corrected chi connectivity index (χ2v) is 8.41. The molecule has 33 heavy (non-hydrogen) atoms. The van der Waals surface area contributed by atoms with E-state index in [9.17, 15) is 9.59 Å². The van der Waals surface area contributed by atoms with Crippen molar-refractivity contribution >= 4 is 5.91 Å². The monoisotopic (exact) mass is 449 g/mol. The maximum atomic E-state index is 13.1. The third-order valence-electron chi connectivity index (χ3n) is 6.37. The summed E-state index contributed by atoms with van der Waals surface area (Å²) in [5, 5.41) is 10.9. The zero-order valence-corrected chi connectivity index (χ0v) is 19.5. The van der Waals surface area contributed by atoms with Gasteiger partial charge in [0.2, 0.25) is 11.8 Å². The molecule has 1 unspecified atom stereocenters. The summed E-state index contributed by atoms with van der Waals surface area (Å²) in [7, 11) is 0. The molecular formula is C25H31N5O3. The van der Waals surface area contributed by atoms with Crippen LogP contribution in [0.4, 0.5) is 0 Å². The van der Waals surface area contributed by atoms with Crippen molar-refractivity contribution in [3.63, 3.8) is 0 Å². The molecule has 8 heteroatoms. The van der Waals surface area contributed by atoms with Gasteiger partial charge in [0.05, 0.1) is 6.54 Å². The van der Waals surface area contributed by atoms with Crippen LogP contribution in [-0.2, 0) is 19.5 Å². The van der Waals surface area contributed by atoms with Gasteiger partial charge in [-0.25, -0.2) is 0 Å². The number of hydrogen-bond acceptors (Lipinski definition) is 6. The summed E-state index contributed by atoms with van der Waals surface area (Å²) in [5.74, 6) is 0.268. The minimum absolute atomic E-state index is 0.0569. The lowest BCUT2D eigenvalue weighted by atomic mass is 10.1. The second kappa shape index (κ2) is 10.1. The van der Waals surface area contributed by atoms with Crippen LogP contribution in [0.3, 0.4) is 0 Å². The Morgan fingerprint density at radius 2 is 2.00 bits per heavy atom. The highest BCUT2D eigenvalue weighted by molar-refractivity contribution is 5.95. The van der Waals surface area contributed by atoms with E-state index in [0.29, 0.717) is 18.4 Å². The van der Waals surface area contributed by atoms with E-state index < -0.39 is 5.91 Å². The fourth-order valence-corrected chi connectivity index (χ4v) is 4.69. The van der Waals surface area contributed by atoms with Gasteiger partial charge in [-0.3, -0.25) is 14.5 Å². The lowest BCUT2D eigenvalue weighted by Gasteiger charge is -2.27. The van der Waals surface area contributed by atoms with E-state index in [0.717, 1.165) is 43.0 Å². The number of benzene rings is 1. The molecule has 0 aliphatic carbocycles. The van der Waals surface area contributed by atoms with Crippen LogP contribution in [0.25, 0.3) is 11.5 Å². The average molecular weight is 450 g/mol. The smallest absolute Gasteiger partial charge is 0.257 e. The van der Waals surface area contributed by atoms with E-state index >= 15 is 0 Å². The first kappa shape index (κ1) is 22.9. The lowest BCUT2D eigenvalue weighted by Crippen LogP contribution is -2.37. The van der Waals surface area contributed by atoms with Gasteiger partial charge in [0.1, 0.15) is 5.56 Å². The quantitative estimate of drug-likeness (QED) is 0.568. The van der Waals surface area contributed by atoms with Crippen LogP contribution in [-0.4, -0.2) is 44.7 Å². The van der Waals surface area contributed by atoms with E-state index in [1.54, 1.807) is 6.07 Å². The van der Waals surface area contributed by atoms with Crippen LogP contribution in [0.5, 0.6) is 0 Å². The number of likely N-dealkylation sites (tertiary alicyclic amines) is 1. The van der Waals surface area contributed by atoms with Crippen LogP contribution in [0.2, 0.25) is 0 Å². The van der Waals surface area contributed by atoms with Crippen molar-refractivity contribution in [3.8, 4) is 11.5 Å². The van der Waals surface area contributed by atoms with Gasteiger partial charge in [0.25, 0.3) is 5.91 Å². The number of carbonyl (C=O) groups excluding carboxylic acids is 1. The summed E-state index contributed by atoms with van der Waals surface area (Å²) < 4.78 is 7.82. The van der Waals surface area contributed by atoms with Gasteiger partial charge >= 0.3 is 0 Å². The fraction of sp³-hybridized carbons (Fsp3) is 0.440. The van der Waals surface area contributed by atoms with E-state index in [4.69, 9.17) is 4.42 Å². The third-order valence-corrected chi connectivity index (χ3v) is 6.37. The van der Waals surface area contributed by atoms with Gasteiger partial charge < -0.3 is 14.3 Å². The Morgan fingerprint density at radius 3 is 2.73 bits per heavy atom. The molecule has 174 valence electrons. The van der Waals surface area contributed by atoms with Crippen LogP contribution < -0.4 is 10.7 Å². The lowest BCUT2D eigenvalue weighted by molar-refractivity contribution is 0.0944. The van der Waals surface area contributed by atoms with Gasteiger partial charge in [-0.05, 0) is 51.4 Å². The summed E-state index contributed by atoms with van der Waals surface area (Å²) in [5.41, 5.74) is 2.42. The number of nitrogens with one attached hydrogen (secondary N) is 1. The number of nitrogens with zero attached hydrogens (tertiary/aromatic N) is 4. The van der Waals surface area contributed by atoms with Gasteiger partial charge in [-0.2, -0.15) is 0 Å². The predicted molar refractivity (Wildman–Crippen MR) is 126 cm³/mol. The number of hydrogen-bond donors (Lipinski definition) is 1. The average Bonchev–Trinajstić information content (AvgIpc) is 3.48. The molecule has 2 aromatic heterocycles. The van der Waals surface area contributed by atoms with Gasteiger partial charge in [-0.1, -0.05) is 32.0 Å². The first-order valence-corrected chi connectivity index (χ1v) is 11.6. The molecule has 1 aromatic carbocycles. The third kappa shape index (κ3) is 4.90. The Labute approximate surface area is 193 Å². The summed E-state index contributed by atoms with van der Waals surface area (Å²) in [6.07, 6.45) is 2.91. The molecule has 1 aliphatic rings. The van der Waals surface area contributed by atoms with Crippen molar-refractivity contribution in [2.45, 2.75) is 59.2 Å². The number of carbonyl (C=O) groups is 1. The Hall–Kier alpha value is -3.26. The second-order valence-electron chi connectivity index (χ2n) is 8.41. The highest BCUT2D eigenvalue weighted by Crippen LogP contribution is 2.21. The SMILES string of the molecule is CCc1c(C(=O)NCc2nnc(-c3ccccc3)o2)c(=O)cc(C)n1CC1CCCN1CC. The van der Waals surface area contributed by atoms with E-state index in [-0.39, 0.29) is 23.4 Å². The number of rotatable bonds is 8. The zero-order chi connectivity index (χ0) is 23.4. The van der Waals surface area contributed by atoms with E-state index in [2.05, 4.69) is 31.9 Å². The van der Waals surface area contributed by atoms with Crippen molar-refractivity contribution < 1.29 is 9.21 Å². The first-order chi connectivity index (χ1) is 16.0. The Bertz CT molecular complexity index is 1170. The molecule has 0 spiro atoms. The van der Waals surface area contributed by atoms with Gasteiger partial charge in [-0.15, -0.1) is 10.2 Å². The van der Waals surface area contributed by atoms with Gasteiger partial charge in [0, 0.05) is 35.6 Å². The highest BCUT2D eigenvalue weighted by Gasteiger charge is 2.26. The summed E-state index contributed by atoms with van der Waals surface area (Å²) in [6.45, 7) is 9.05. The number of aromatic nitrogens is 3. The van der Waals surface area contributed by atoms with Gasteiger partial charge in [0.15, 0.2) is 5.43 Å². The number of pyridine rings is 1. The first-order valence-electron chi connectivity index (χ1n) is 11.6. The zero-order valence-electron chi connectivity index (χ0n) is 19.5. The van der Waals surface area contributed by atoms with Crippen LogP contribution in [0.15, 0.2) is 45.6 Å². The molecule has 1 saturated heterocycles. The fourth-order valence-electron chi connectivity index (χ4n) is 4.69. The van der Waals surface area contributed by atoms with Crippen molar-refractivity contribution in [1.82, 2.24) is 25.0 Å². The number of likely N-dealkylation sites (N-methyl/N-ethyl adjacent to an activating group) is 1. The molecule has 3 heterocycles. The molecular weight excluding hydrogens is 418 g/mol. The maximum Gasteiger partial charge on any atom is 0.257 e. The number of aryl methyl sites for hydroxylation is 1. The van der Waals surface area contributed by atoms with Crippen LogP contribution in [0.1, 0.15) is 54.3 Å². The highest BCUT2D eigenvalue weighted by atomic mass is 16.4. The standard InChI is InChI=1S/C25H31N5O3/c1-4-20-23(21(31)14-17(3)30(20)16-19-12-9-13-29(19)5-2)24(32)26-15-22-27-28-25(33-22)18-10-7-6-8-11-18/h6-8,10-11,14,19H,4-5,9,12-13,15-16H2,1-3H3,(H,26,32). The van der Waals surface area contributed by atoms with Crippen molar-refractivity contribution in [2.24, 2.45) is 0 Å². The molecule has 1 N–H and O–H groups in total. The molecule has 0 bridgehead atoms. The normalized spacial score (nSPS) is 16.3. The maximum absolute atomic E-state index is 13.1. The van der Waals surface area contributed by atoms with E-state index in [1.807, 2.05) is 44.2 Å².